The number of H-pyrrole nitrogens is 2. The smallest absolute Gasteiger partial charge is 0.326 e. The van der Waals surface area contributed by atoms with E-state index in [0.29, 0.717) is 13.0 Å². The van der Waals surface area contributed by atoms with E-state index in [1.54, 1.807) is 0 Å². The molecule has 1 aromatic heterocycles. The van der Waals surface area contributed by atoms with E-state index in [2.05, 4.69) is 10.3 Å². The highest BCUT2D eigenvalue weighted by molar-refractivity contribution is 5.97. The van der Waals surface area contributed by atoms with Crippen LogP contribution in [0, 0.1) is 0 Å². The first-order valence-electron chi connectivity index (χ1n) is 9.24. The minimum atomic E-state index is -0.786. The van der Waals surface area contributed by atoms with Gasteiger partial charge in [-0.2, -0.15) is 0 Å². The molecule has 4 rings (SSSR count). The van der Waals surface area contributed by atoms with Crippen LogP contribution in [0.1, 0.15) is 39.6 Å². The second kappa shape index (κ2) is 7.67. The number of nitrogens with one attached hydrogen (secondary N) is 3. The SMILES string of the molecule is Nc1c(C(=O)N[C@@H]2CCc3cc(OCc4ccccc4)ccc32)[nH]c(=O)[nH]c1=O. The van der Waals surface area contributed by atoms with Crippen LogP contribution in [0.2, 0.25) is 0 Å². The average Bonchev–Trinajstić information content (AvgIpc) is 3.11. The second-order valence-corrected chi connectivity index (χ2v) is 6.90. The van der Waals surface area contributed by atoms with E-state index in [9.17, 15) is 14.4 Å². The van der Waals surface area contributed by atoms with Gasteiger partial charge in [-0.25, -0.2) is 4.79 Å². The number of carbonyl (C=O) groups excluding carboxylic acids is 1. The third kappa shape index (κ3) is 3.91. The van der Waals surface area contributed by atoms with E-state index < -0.39 is 17.2 Å². The lowest BCUT2D eigenvalue weighted by Crippen LogP contribution is -2.34. The van der Waals surface area contributed by atoms with Crippen molar-refractivity contribution in [3.63, 3.8) is 0 Å². The van der Waals surface area contributed by atoms with Gasteiger partial charge in [0.15, 0.2) is 0 Å². The molecule has 1 heterocycles. The van der Waals surface area contributed by atoms with E-state index in [0.717, 1.165) is 28.9 Å². The number of nitrogens with two attached hydrogens (primary N) is 1. The van der Waals surface area contributed by atoms with Crippen molar-refractivity contribution in [3.05, 3.63) is 91.8 Å². The van der Waals surface area contributed by atoms with Crippen LogP contribution in [0.15, 0.2) is 58.1 Å². The number of aromatic amines is 2. The summed E-state index contributed by atoms with van der Waals surface area (Å²) in [7, 11) is 0. The number of aryl methyl sites for hydroxylation is 1. The van der Waals surface area contributed by atoms with E-state index in [-0.39, 0.29) is 17.4 Å². The lowest BCUT2D eigenvalue weighted by atomic mass is 10.1. The summed E-state index contributed by atoms with van der Waals surface area (Å²) >= 11 is 0. The highest BCUT2D eigenvalue weighted by Crippen LogP contribution is 2.34. The molecule has 0 unspecified atom stereocenters. The summed E-state index contributed by atoms with van der Waals surface area (Å²) in [4.78, 5) is 39.9. The van der Waals surface area contributed by atoms with E-state index in [1.807, 2.05) is 53.5 Å². The Kier molecular flexibility index (Phi) is 4.90. The van der Waals surface area contributed by atoms with Crippen LogP contribution in [0.25, 0.3) is 0 Å². The predicted molar refractivity (Wildman–Crippen MR) is 108 cm³/mol. The maximum atomic E-state index is 12.5. The molecule has 0 spiro atoms. The van der Waals surface area contributed by atoms with Crippen LogP contribution < -0.4 is 27.0 Å². The summed E-state index contributed by atoms with van der Waals surface area (Å²) in [6.45, 7) is 0.481. The number of hydrogen-bond donors (Lipinski definition) is 4. The normalized spacial score (nSPS) is 15.0. The number of nitrogen functional groups attached to an aromatic ring is 1. The predicted octanol–water partition coefficient (Wildman–Crippen LogP) is 1.64. The van der Waals surface area contributed by atoms with Crippen molar-refractivity contribution in [3.8, 4) is 5.75 Å². The van der Waals surface area contributed by atoms with Crippen LogP contribution >= 0.6 is 0 Å². The standard InChI is InChI=1S/C21H20N4O4/c22-17-18(24-21(28)25-19(17)26)20(27)23-16-9-6-13-10-14(7-8-15(13)16)29-11-12-4-2-1-3-5-12/h1-5,7-8,10,16H,6,9,11,22H2,(H,23,27)(H2,24,25,26,28)/t16-/m1/s1. The van der Waals surface area contributed by atoms with Crippen molar-refractivity contribution in [2.24, 2.45) is 0 Å². The van der Waals surface area contributed by atoms with Crippen molar-refractivity contribution < 1.29 is 9.53 Å². The number of anilines is 1. The minimum Gasteiger partial charge on any atom is -0.489 e. The van der Waals surface area contributed by atoms with E-state index in [4.69, 9.17) is 10.5 Å². The van der Waals surface area contributed by atoms with Gasteiger partial charge in [0, 0.05) is 0 Å². The van der Waals surface area contributed by atoms with Crippen LogP contribution in [-0.4, -0.2) is 15.9 Å². The van der Waals surface area contributed by atoms with Gasteiger partial charge in [-0.1, -0.05) is 36.4 Å². The number of ether oxygens (including phenoxy) is 1. The molecule has 1 atom stereocenters. The zero-order valence-corrected chi connectivity index (χ0v) is 15.5. The van der Waals surface area contributed by atoms with E-state index in [1.165, 1.54) is 0 Å². The molecule has 0 radical (unpaired) electrons. The summed E-state index contributed by atoms with van der Waals surface area (Å²) in [5.41, 5.74) is 6.69. The van der Waals surface area contributed by atoms with Gasteiger partial charge in [-0.15, -0.1) is 0 Å². The van der Waals surface area contributed by atoms with Crippen molar-refractivity contribution in [1.29, 1.82) is 0 Å². The molecular weight excluding hydrogens is 372 g/mol. The van der Waals surface area contributed by atoms with Gasteiger partial charge in [-0.05, 0) is 41.7 Å². The molecule has 5 N–H and O–H groups in total. The zero-order valence-electron chi connectivity index (χ0n) is 15.5. The molecule has 148 valence electrons. The third-order valence-corrected chi connectivity index (χ3v) is 4.95. The Morgan fingerprint density at radius 3 is 2.72 bits per heavy atom. The van der Waals surface area contributed by atoms with Gasteiger partial charge in [-0.3, -0.25) is 14.6 Å². The van der Waals surface area contributed by atoms with Crippen molar-refractivity contribution in [2.45, 2.75) is 25.5 Å². The summed E-state index contributed by atoms with van der Waals surface area (Å²) in [6.07, 6.45) is 1.49. The molecule has 0 saturated heterocycles. The van der Waals surface area contributed by atoms with Crippen LogP contribution in [0.5, 0.6) is 5.75 Å². The molecule has 1 aliphatic carbocycles. The Labute approximate surface area is 165 Å². The maximum absolute atomic E-state index is 12.5. The third-order valence-electron chi connectivity index (χ3n) is 4.95. The van der Waals surface area contributed by atoms with Gasteiger partial charge in [0.05, 0.1) is 6.04 Å². The Morgan fingerprint density at radius 2 is 1.93 bits per heavy atom. The van der Waals surface area contributed by atoms with Crippen molar-refractivity contribution >= 4 is 11.6 Å². The molecule has 2 aromatic carbocycles. The topological polar surface area (TPSA) is 130 Å². The van der Waals surface area contributed by atoms with Gasteiger partial charge >= 0.3 is 5.69 Å². The first kappa shape index (κ1) is 18.5. The monoisotopic (exact) mass is 392 g/mol. The molecule has 3 aromatic rings. The number of benzene rings is 2. The molecule has 1 aliphatic rings. The maximum Gasteiger partial charge on any atom is 0.326 e. The molecular formula is C21H20N4O4. The largest absolute Gasteiger partial charge is 0.489 e. The van der Waals surface area contributed by atoms with Crippen LogP contribution in [0.3, 0.4) is 0 Å². The molecule has 8 nitrogen and oxygen atoms in total. The zero-order chi connectivity index (χ0) is 20.4. The fraction of sp³-hybridized carbons (Fsp3) is 0.190. The molecule has 0 bridgehead atoms. The fourth-order valence-electron chi connectivity index (χ4n) is 3.48. The molecule has 0 aliphatic heterocycles. The number of hydrogen-bond acceptors (Lipinski definition) is 5. The number of amides is 1. The van der Waals surface area contributed by atoms with Crippen molar-refractivity contribution in [1.82, 2.24) is 15.3 Å². The van der Waals surface area contributed by atoms with Gasteiger partial charge in [0.2, 0.25) is 0 Å². The molecule has 1 amide bonds. The molecule has 0 saturated carbocycles. The Hall–Kier alpha value is -3.81. The quantitative estimate of drug-likeness (QED) is 0.524. The highest BCUT2D eigenvalue weighted by atomic mass is 16.5. The lowest BCUT2D eigenvalue weighted by Gasteiger charge is -2.15. The van der Waals surface area contributed by atoms with E-state index >= 15 is 0 Å². The average molecular weight is 392 g/mol. The minimum absolute atomic E-state index is 0.227. The number of carbonyl (C=O) groups is 1. The highest BCUT2D eigenvalue weighted by Gasteiger charge is 2.26. The van der Waals surface area contributed by atoms with Crippen LogP contribution in [-0.2, 0) is 13.0 Å². The van der Waals surface area contributed by atoms with Gasteiger partial charge in [0.1, 0.15) is 23.7 Å². The van der Waals surface area contributed by atoms with Crippen LogP contribution in [0.4, 0.5) is 5.69 Å². The molecule has 29 heavy (non-hydrogen) atoms. The van der Waals surface area contributed by atoms with Gasteiger partial charge in [0.25, 0.3) is 11.5 Å². The summed E-state index contributed by atoms with van der Waals surface area (Å²) in [5, 5.41) is 2.84. The number of aromatic nitrogens is 2. The fourth-order valence-corrected chi connectivity index (χ4v) is 3.48. The lowest BCUT2D eigenvalue weighted by molar-refractivity contribution is 0.0932. The van der Waals surface area contributed by atoms with Crippen molar-refractivity contribution in [2.75, 3.05) is 5.73 Å². The summed E-state index contributed by atoms with van der Waals surface area (Å²) in [5.74, 6) is 0.177. The number of fused-ring (bicyclic) bond motifs is 1. The second-order valence-electron chi connectivity index (χ2n) is 6.90. The summed E-state index contributed by atoms with van der Waals surface area (Å²) < 4.78 is 5.86. The summed E-state index contributed by atoms with van der Waals surface area (Å²) in [6, 6.07) is 15.4. The number of rotatable bonds is 5. The molecule has 8 heteroatoms. The Bertz CT molecular complexity index is 1170. The molecule has 0 fully saturated rings. The Morgan fingerprint density at radius 1 is 1.14 bits per heavy atom. The first-order valence-corrected chi connectivity index (χ1v) is 9.24. The first-order chi connectivity index (χ1) is 14.0. The van der Waals surface area contributed by atoms with Gasteiger partial charge < -0.3 is 20.8 Å². The Balaban J connectivity index is 1.47.